The van der Waals surface area contributed by atoms with E-state index in [1.807, 2.05) is 6.08 Å². The van der Waals surface area contributed by atoms with Gasteiger partial charge in [0.1, 0.15) is 0 Å². The van der Waals surface area contributed by atoms with Crippen LogP contribution < -0.4 is 0 Å². The zero-order valence-electron chi connectivity index (χ0n) is 9.55. The number of ketones is 1. The van der Waals surface area contributed by atoms with Crippen molar-refractivity contribution in [2.45, 2.75) is 47.5 Å². The molecule has 0 radical (unpaired) electrons. The first kappa shape index (κ1) is 12.4. The smallest absolute Gasteiger partial charge is 0.155 e. The molecular weight excluding hydrogens is 160 g/mol. The lowest BCUT2D eigenvalue weighted by molar-refractivity contribution is -0.115. The number of rotatable bonds is 5. The van der Waals surface area contributed by atoms with Gasteiger partial charge in [-0.2, -0.15) is 0 Å². The maximum absolute atomic E-state index is 11.5. The molecule has 0 aliphatic rings. The zero-order valence-corrected chi connectivity index (χ0v) is 9.55. The molecule has 0 aliphatic heterocycles. The molecule has 0 fully saturated rings. The van der Waals surface area contributed by atoms with E-state index in [0.717, 1.165) is 6.42 Å². The van der Waals surface area contributed by atoms with Crippen molar-refractivity contribution in [3.8, 4) is 0 Å². The fourth-order valence-corrected chi connectivity index (χ4v) is 1.35. The predicted octanol–water partition coefficient (Wildman–Crippen LogP) is 3.59. The molecule has 0 rings (SSSR count). The molecule has 13 heavy (non-hydrogen) atoms. The van der Waals surface area contributed by atoms with Crippen LogP contribution in [-0.2, 0) is 4.79 Å². The lowest BCUT2D eigenvalue weighted by atomic mass is 9.97. The minimum absolute atomic E-state index is 0.278. The highest BCUT2D eigenvalue weighted by molar-refractivity contribution is 5.90. The summed E-state index contributed by atoms with van der Waals surface area (Å²) in [5.41, 5.74) is 1.27. The quantitative estimate of drug-likeness (QED) is 0.594. The number of carbonyl (C=O) groups excluding carboxylic acids is 1. The predicted molar refractivity (Wildman–Crippen MR) is 57.7 cm³/mol. The summed E-state index contributed by atoms with van der Waals surface area (Å²) >= 11 is 0. The summed E-state index contributed by atoms with van der Waals surface area (Å²) in [6.45, 7) is 10.5. The number of allylic oxidation sites excluding steroid dienone is 2. The third-order valence-electron chi connectivity index (χ3n) is 2.11. The Labute approximate surface area is 82.2 Å². The highest BCUT2D eigenvalue weighted by atomic mass is 16.1. The van der Waals surface area contributed by atoms with E-state index >= 15 is 0 Å². The van der Waals surface area contributed by atoms with Gasteiger partial charge in [0.15, 0.2) is 5.78 Å². The van der Waals surface area contributed by atoms with Gasteiger partial charge in [-0.25, -0.2) is 0 Å². The van der Waals surface area contributed by atoms with E-state index < -0.39 is 0 Å². The summed E-state index contributed by atoms with van der Waals surface area (Å²) in [5.74, 6) is 1.25. The molecule has 0 aromatic rings. The second-order valence-corrected chi connectivity index (χ2v) is 4.29. The Bertz CT molecular complexity index is 187. The topological polar surface area (TPSA) is 17.1 Å². The molecule has 0 saturated carbocycles. The van der Waals surface area contributed by atoms with Crippen LogP contribution in [0.5, 0.6) is 0 Å². The van der Waals surface area contributed by atoms with Gasteiger partial charge < -0.3 is 0 Å². The van der Waals surface area contributed by atoms with Gasteiger partial charge in [0.25, 0.3) is 0 Å². The second-order valence-electron chi connectivity index (χ2n) is 4.29. The molecule has 0 heterocycles. The first-order chi connectivity index (χ1) is 5.97. The van der Waals surface area contributed by atoms with E-state index in [1.165, 1.54) is 5.57 Å². The summed E-state index contributed by atoms with van der Waals surface area (Å²) < 4.78 is 0. The van der Waals surface area contributed by atoms with Crippen LogP contribution in [0, 0.1) is 11.8 Å². The first-order valence-electron chi connectivity index (χ1n) is 5.20. The van der Waals surface area contributed by atoms with Crippen LogP contribution in [0.25, 0.3) is 0 Å². The molecule has 76 valence electrons. The van der Waals surface area contributed by atoms with Gasteiger partial charge in [-0.1, -0.05) is 40.2 Å². The normalized spacial score (nSPS) is 12.7. The molecule has 0 spiro atoms. The summed E-state index contributed by atoms with van der Waals surface area (Å²) in [6, 6.07) is 0. The van der Waals surface area contributed by atoms with Gasteiger partial charge in [-0.05, 0) is 24.3 Å². The Kier molecular flexibility index (Phi) is 5.68. The Morgan fingerprint density at radius 3 is 2.08 bits per heavy atom. The zero-order chi connectivity index (χ0) is 10.4. The molecule has 0 bridgehead atoms. The highest BCUT2D eigenvalue weighted by Gasteiger charge is 2.05. The number of hydrogen-bond acceptors (Lipinski definition) is 1. The Morgan fingerprint density at radius 2 is 1.77 bits per heavy atom. The third kappa shape index (κ3) is 5.62. The van der Waals surface area contributed by atoms with Crippen molar-refractivity contribution in [1.82, 2.24) is 0 Å². The van der Waals surface area contributed by atoms with Crippen LogP contribution >= 0.6 is 0 Å². The van der Waals surface area contributed by atoms with Gasteiger partial charge in [-0.15, -0.1) is 0 Å². The fraction of sp³-hybridized carbons (Fsp3) is 0.750. The van der Waals surface area contributed by atoms with Crippen LogP contribution in [0.2, 0.25) is 0 Å². The van der Waals surface area contributed by atoms with Crippen molar-refractivity contribution in [2.24, 2.45) is 11.8 Å². The van der Waals surface area contributed by atoms with Gasteiger partial charge in [0, 0.05) is 6.42 Å². The van der Waals surface area contributed by atoms with Crippen LogP contribution in [0.15, 0.2) is 11.6 Å². The molecule has 0 aromatic heterocycles. The van der Waals surface area contributed by atoms with E-state index in [1.54, 1.807) is 0 Å². The number of carbonyl (C=O) groups is 1. The molecule has 0 aliphatic carbocycles. The second kappa shape index (κ2) is 5.95. The van der Waals surface area contributed by atoms with Crippen LogP contribution in [0.1, 0.15) is 47.5 Å². The van der Waals surface area contributed by atoms with Gasteiger partial charge in [0.2, 0.25) is 0 Å². The van der Waals surface area contributed by atoms with Crippen LogP contribution in [0.4, 0.5) is 0 Å². The molecule has 0 N–H and O–H groups in total. The minimum Gasteiger partial charge on any atom is -0.295 e. The minimum atomic E-state index is 0.278. The van der Waals surface area contributed by atoms with Crippen molar-refractivity contribution in [3.63, 3.8) is 0 Å². The fourth-order valence-electron chi connectivity index (χ4n) is 1.35. The SMILES string of the molecule is CC/C(=C/C(=O)CC(C)C)C(C)C. The van der Waals surface area contributed by atoms with Crippen LogP contribution in [-0.4, -0.2) is 5.78 Å². The van der Waals surface area contributed by atoms with E-state index in [2.05, 4.69) is 34.6 Å². The van der Waals surface area contributed by atoms with E-state index in [4.69, 9.17) is 0 Å². The standard InChI is InChI=1S/C12H22O/c1-6-11(10(4)5)8-12(13)7-9(2)3/h8-10H,6-7H2,1-5H3/b11-8-. The maximum Gasteiger partial charge on any atom is 0.155 e. The third-order valence-corrected chi connectivity index (χ3v) is 2.11. The summed E-state index contributed by atoms with van der Waals surface area (Å²) in [4.78, 5) is 11.5. The van der Waals surface area contributed by atoms with Crippen molar-refractivity contribution in [3.05, 3.63) is 11.6 Å². The molecule has 0 unspecified atom stereocenters. The van der Waals surface area contributed by atoms with Gasteiger partial charge >= 0.3 is 0 Å². The first-order valence-corrected chi connectivity index (χ1v) is 5.20. The molecule has 0 saturated heterocycles. The van der Waals surface area contributed by atoms with Gasteiger partial charge in [-0.3, -0.25) is 4.79 Å². The monoisotopic (exact) mass is 182 g/mol. The Balaban J connectivity index is 4.25. The summed E-state index contributed by atoms with van der Waals surface area (Å²) in [6.07, 6.45) is 3.50. The molecular formula is C12H22O. The van der Waals surface area contributed by atoms with E-state index in [-0.39, 0.29) is 5.78 Å². The molecule has 0 aromatic carbocycles. The van der Waals surface area contributed by atoms with Crippen molar-refractivity contribution in [1.29, 1.82) is 0 Å². The van der Waals surface area contributed by atoms with E-state index in [0.29, 0.717) is 18.3 Å². The van der Waals surface area contributed by atoms with E-state index in [9.17, 15) is 4.79 Å². The molecule has 0 amide bonds. The number of hydrogen-bond donors (Lipinski definition) is 0. The molecule has 1 heteroatoms. The lowest BCUT2D eigenvalue weighted by Gasteiger charge is -2.08. The van der Waals surface area contributed by atoms with Gasteiger partial charge in [0.05, 0.1) is 0 Å². The molecule has 1 nitrogen and oxygen atoms in total. The Morgan fingerprint density at radius 1 is 1.23 bits per heavy atom. The van der Waals surface area contributed by atoms with Crippen molar-refractivity contribution in [2.75, 3.05) is 0 Å². The average molecular weight is 182 g/mol. The lowest BCUT2D eigenvalue weighted by Crippen LogP contribution is -2.02. The average Bonchev–Trinajstić information content (AvgIpc) is 1.98. The highest BCUT2D eigenvalue weighted by Crippen LogP contribution is 2.14. The Hall–Kier alpha value is -0.590. The molecule has 0 atom stereocenters. The largest absolute Gasteiger partial charge is 0.295 e. The van der Waals surface area contributed by atoms with Crippen molar-refractivity contribution >= 4 is 5.78 Å². The maximum atomic E-state index is 11.5. The van der Waals surface area contributed by atoms with Crippen LogP contribution in [0.3, 0.4) is 0 Å². The summed E-state index contributed by atoms with van der Waals surface area (Å²) in [5, 5.41) is 0. The summed E-state index contributed by atoms with van der Waals surface area (Å²) in [7, 11) is 0. The van der Waals surface area contributed by atoms with Crippen molar-refractivity contribution < 1.29 is 4.79 Å².